The minimum Gasteiger partial charge on any atom is -0.433 e. The van der Waals surface area contributed by atoms with Crippen LogP contribution in [0.4, 0.5) is 8.78 Å². The van der Waals surface area contributed by atoms with Crippen molar-refractivity contribution in [3.8, 4) is 5.75 Å². The fraction of sp³-hybridized carbons (Fsp3) is 0.333. The molecule has 1 amide bonds. The highest BCUT2D eigenvalue weighted by Crippen LogP contribution is 2.16. The number of nitrogens with one attached hydrogen (secondary N) is 1. The molecule has 82 valence electrons. The summed E-state index contributed by atoms with van der Waals surface area (Å²) in [5.74, 6) is -0.425. The summed E-state index contributed by atoms with van der Waals surface area (Å²) < 4.78 is 27.8. The maximum atomic E-state index is 11.8. The second kappa shape index (κ2) is 4.68. The van der Waals surface area contributed by atoms with E-state index in [4.69, 9.17) is 0 Å². The minimum absolute atomic E-state index is 0.0600. The van der Waals surface area contributed by atoms with E-state index < -0.39 is 6.61 Å². The van der Waals surface area contributed by atoms with Crippen LogP contribution in [0, 0.1) is 6.92 Å². The average molecular weight is 216 g/mol. The molecule has 0 aliphatic heterocycles. The van der Waals surface area contributed by atoms with Crippen molar-refractivity contribution >= 4 is 5.91 Å². The number of carbonyl (C=O) groups is 1. The van der Waals surface area contributed by atoms with Crippen molar-refractivity contribution in [2.45, 2.75) is 13.5 Å². The number of carbonyl (C=O) groups excluding carboxylic acids is 1. The molecule has 1 heterocycles. The third-order valence-electron chi connectivity index (χ3n) is 1.72. The van der Waals surface area contributed by atoms with Crippen LogP contribution in [0.1, 0.15) is 16.1 Å². The molecule has 0 saturated carbocycles. The predicted octanol–water partition coefficient (Wildman–Crippen LogP) is 1.35. The van der Waals surface area contributed by atoms with Crippen LogP contribution in [0.3, 0.4) is 0 Å². The van der Waals surface area contributed by atoms with Gasteiger partial charge in [-0.1, -0.05) is 0 Å². The lowest BCUT2D eigenvalue weighted by atomic mass is 10.2. The van der Waals surface area contributed by atoms with Gasteiger partial charge in [-0.15, -0.1) is 0 Å². The van der Waals surface area contributed by atoms with Gasteiger partial charge in [-0.2, -0.15) is 8.78 Å². The van der Waals surface area contributed by atoms with Gasteiger partial charge in [0, 0.05) is 7.05 Å². The second-order valence-electron chi connectivity index (χ2n) is 2.79. The van der Waals surface area contributed by atoms with E-state index in [2.05, 4.69) is 15.0 Å². The molecule has 15 heavy (non-hydrogen) atoms. The first kappa shape index (κ1) is 11.4. The molecule has 0 fully saturated rings. The van der Waals surface area contributed by atoms with Crippen LogP contribution in [0.15, 0.2) is 12.3 Å². The molecular formula is C9H10F2N2O2. The first-order valence-electron chi connectivity index (χ1n) is 4.18. The molecule has 0 atom stereocenters. The molecule has 1 rings (SSSR count). The number of hydrogen-bond acceptors (Lipinski definition) is 3. The number of halogens is 2. The van der Waals surface area contributed by atoms with E-state index in [9.17, 15) is 13.6 Å². The quantitative estimate of drug-likeness (QED) is 0.829. The number of amides is 1. The van der Waals surface area contributed by atoms with Gasteiger partial charge in [0.05, 0.1) is 6.20 Å². The van der Waals surface area contributed by atoms with E-state index in [1.165, 1.54) is 13.1 Å². The minimum atomic E-state index is -2.89. The Kier molecular flexibility index (Phi) is 3.54. The Bertz CT molecular complexity index is 369. The summed E-state index contributed by atoms with van der Waals surface area (Å²) in [6, 6.07) is 1.34. The number of ether oxygens (including phenoxy) is 1. The monoisotopic (exact) mass is 216 g/mol. The van der Waals surface area contributed by atoms with Gasteiger partial charge in [-0.25, -0.2) is 4.98 Å². The van der Waals surface area contributed by atoms with Crippen molar-refractivity contribution in [3.05, 3.63) is 23.5 Å². The molecule has 0 saturated heterocycles. The molecule has 0 radical (unpaired) electrons. The molecule has 0 aromatic carbocycles. The van der Waals surface area contributed by atoms with Crippen molar-refractivity contribution in [2.24, 2.45) is 0 Å². The number of aromatic nitrogens is 1. The lowest BCUT2D eigenvalue weighted by molar-refractivity contribution is -0.0501. The molecule has 1 aromatic rings. The van der Waals surface area contributed by atoms with Crippen LogP contribution in [0.2, 0.25) is 0 Å². The van der Waals surface area contributed by atoms with Gasteiger partial charge in [-0.3, -0.25) is 4.79 Å². The molecule has 0 spiro atoms. The first-order valence-corrected chi connectivity index (χ1v) is 4.18. The van der Waals surface area contributed by atoms with E-state index >= 15 is 0 Å². The van der Waals surface area contributed by atoms with Gasteiger partial charge >= 0.3 is 6.61 Å². The molecule has 0 aliphatic carbocycles. The summed E-state index contributed by atoms with van der Waals surface area (Å²) in [7, 11) is 1.47. The van der Waals surface area contributed by atoms with Crippen LogP contribution in [0.25, 0.3) is 0 Å². The topological polar surface area (TPSA) is 51.2 Å². The average Bonchev–Trinajstić information content (AvgIpc) is 2.16. The molecule has 1 N–H and O–H groups in total. The molecule has 4 nitrogen and oxygen atoms in total. The fourth-order valence-electron chi connectivity index (χ4n) is 1.07. The Morgan fingerprint density at radius 1 is 1.60 bits per heavy atom. The lowest BCUT2D eigenvalue weighted by Crippen LogP contribution is -2.20. The van der Waals surface area contributed by atoms with E-state index in [-0.39, 0.29) is 17.4 Å². The summed E-state index contributed by atoms with van der Waals surface area (Å²) in [5, 5.41) is 2.39. The summed E-state index contributed by atoms with van der Waals surface area (Å²) in [5.41, 5.74) is 0.673. The predicted molar refractivity (Wildman–Crippen MR) is 49.0 cm³/mol. The number of hydrogen-bond donors (Lipinski definition) is 1. The highest BCUT2D eigenvalue weighted by molar-refractivity contribution is 5.93. The Hall–Kier alpha value is -1.72. The zero-order valence-electron chi connectivity index (χ0n) is 8.25. The van der Waals surface area contributed by atoms with Crippen LogP contribution in [0.5, 0.6) is 5.75 Å². The van der Waals surface area contributed by atoms with E-state index in [0.29, 0.717) is 5.56 Å². The highest BCUT2D eigenvalue weighted by atomic mass is 19.3. The normalized spacial score (nSPS) is 10.2. The Balaban J connectivity index is 2.93. The third kappa shape index (κ3) is 2.87. The van der Waals surface area contributed by atoms with Crippen molar-refractivity contribution in [3.63, 3.8) is 0 Å². The van der Waals surface area contributed by atoms with Gasteiger partial charge in [0.25, 0.3) is 5.91 Å². The highest BCUT2D eigenvalue weighted by Gasteiger charge is 2.11. The summed E-state index contributed by atoms with van der Waals surface area (Å²) >= 11 is 0. The Morgan fingerprint density at radius 2 is 2.27 bits per heavy atom. The van der Waals surface area contributed by atoms with Crippen molar-refractivity contribution in [1.82, 2.24) is 10.3 Å². The smallest absolute Gasteiger partial charge is 0.387 e. The summed E-state index contributed by atoms with van der Waals surface area (Å²) in [6.45, 7) is -1.30. The fourth-order valence-corrected chi connectivity index (χ4v) is 1.07. The number of nitrogens with zero attached hydrogens (tertiary/aromatic N) is 1. The zero-order valence-corrected chi connectivity index (χ0v) is 8.25. The summed E-state index contributed by atoms with van der Waals surface area (Å²) in [4.78, 5) is 14.9. The van der Waals surface area contributed by atoms with E-state index in [1.54, 1.807) is 6.92 Å². The number of pyridine rings is 1. The molecule has 0 unspecified atom stereocenters. The molecule has 6 heteroatoms. The van der Waals surface area contributed by atoms with Crippen molar-refractivity contribution in [1.29, 1.82) is 0 Å². The van der Waals surface area contributed by atoms with Gasteiger partial charge < -0.3 is 10.1 Å². The molecule has 0 aliphatic rings. The maximum Gasteiger partial charge on any atom is 0.387 e. The molecule has 0 bridgehead atoms. The first-order chi connectivity index (χ1) is 7.04. The van der Waals surface area contributed by atoms with Crippen LogP contribution in [-0.4, -0.2) is 24.6 Å². The number of aryl methyl sites for hydroxylation is 1. The third-order valence-corrected chi connectivity index (χ3v) is 1.72. The van der Waals surface area contributed by atoms with Gasteiger partial charge in [-0.05, 0) is 18.6 Å². The van der Waals surface area contributed by atoms with Crippen LogP contribution >= 0.6 is 0 Å². The Labute approximate surface area is 85.3 Å². The van der Waals surface area contributed by atoms with E-state index in [1.807, 2.05) is 0 Å². The zero-order chi connectivity index (χ0) is 11.4. The SMILES string of the molecule is CNC(=O)c1ncc(OC(F)F)cc1C. The van der Waals surface area contributed by atoms with Gasteiger partial charge in [0.15, 0.2) is 0 Å². The number of alkyl halides is 2. The maximum absolute atomic E-state index is 11.8. The lowest BCUT2D eigenvalue weighted by Gasteiger charge is -2.07. The van der Waals surface area contributed by atoms with Crippen molar-refractivity contribution in [2.75, 3.05) is 7.05 Å². The largest absolute Gasteiger partial charge is 0.433 e. The van der Waals surface area contributed by atoms with Gasteiger partial charge in [0.2, 0.25) is 0 Å². The van der Waals surface area contributed by atoms with E-state index in [0.717, 1.165) is 6.20 Å². The molecule has 1 aromatic heterocycles. The van der Waals surface area contributed by atoms with Crippen LogP contribution < -0.4 is 10.1 Å². The van der Waals surface area contributed by atoms with Gasteiger partial charge in [0.1, 0.15) is 11.4 Å². The Morgan fingerprint density at radius 3 is 2.73 bits per heavy atom. The number of rotatable bonds is 3. The van der Waals surface area contributed by atoms with Crippen LogP contribution in [-0.2, 0) is 0 Å². The summed E-state index contributed by atoms with van der Waals surface area (Å²) in [6.07, 6.45) is 1.09. The molecular weight excluding hydrogens is 206 g/mol. The van der Waals surface area contributed by atoms with Crippen molar-refractivity contribution < 1.29 is 18.3 Å². The second-order valence-corrected chi connectivity index (χ2v) is 2.79. The standard InChI is InChI=1S/C9H10F2N2O2/c1-5-3-6(15-9(10)11)4-13-7(5)8(14)12-2/h3-4,9H,1-2H3,(H,12,14).